The third-order valence-electron chi connectivity index (χ3n) is 4.10. The molecule has 17 heavy (non-hydrogen) atoms. The van der Waals surface area contributed by atoms with Crippen LogP contribution in [0.15, 0.2) is 0 Å². The minimum Gasteiger partial charge on any atom is -0.481 e. The van der Waals surface area contributed by atoms with Crippen LogP contribution in [0.5, 0.6) is 0 Å². The summed E-state index contributed by atoms with van der Waals surface area (Å²) < 4.78 is 0. The Labute approximate surface area is 102 Å². The summed E-state index contributed by atoms with van der Waals surface area (Å²) in [4.78, 5) is 24.8. The number of hydrogen-bond acceptors (Lipinski definition) is 2. The van der Waals surface area contributed by atoms with E-state index in [1.54, 1.807) is 0 Å². The van der Waals surface area contributed by atoms with E-state index in [2.05, 4.69) is 0 Å². The number of amides is 1. The SMILES string of the molecule is O=C(O)C1CCC(N2CCCCCC2=O)CC1. The predicted octanol–water partition coefficient (Wildman–Crippen LogP) is 2.03. The summed E-state index contributed by atoms with van der Waals surface area (Å²) in [6, 6.07) is 0.302. The molecule has 0 unspecified atom stereocenters. The molecule has 0 bridgehead atoms. The maximum Gasteiger partial charge on any atom is 0.306 e. The van der Waals surface area contributed by atoms with Gasteiger partial charge in [0.1, 0.15) is 0 Å². The average molecular weight is 239 g/mol. The summed E-state index contributed by atoms with van der Waals surface area (Å²) in [5.41, 5.74) is 0. The van der Waals surface area contributed by atoms with E-state index < -0.39 is 5.97 Å². The molecule has 1 aliphatic carbocycles. The maximum atomic E-state index is 11.9. The molecule has 1 amide bonds. The molecule has 0 atom stereocenters. The molecule has 1 saturated carbocycles. The zero-order valence-corrected chi connectivity index (χ0v) is 10.2. The van der Waals surface area contributed by atoms with Crippen LogP contribution >= 0.6 is 0 Å². The number of hydrogen-bond donors (Lipinski definition) is 1. The van der Waals surface area contributed by atoms with Crippen molar-refractivity contribution in [2.24, 2.45) is 5.92 Å². The standard InChI is InChI=1S/C13H21NO3/c15-12-4-2-1-3-9-14(12)11-7-5-10(6-8-11)13(16)17/h10-11H,1-9H2,(H,16,17). The zero-order chi connectivity index (χ0) is 12.3. The Morgan fingerprint density at radius 1 is 1.12 bits per heavy atom. The van der Waals surface area contributed by atoms with Crippen molar-refractivity contribution >= 4 is 11.9 Å². The molecule has 1 aliphatic heterocycles. The summed E-state index contributed by atoms with van der Waals surface area (Å²) in [5.74, 6) is -0.583. The fraction of sp³-hybridized carbons (Fsp3) is 0.846. The third kappa shape index (κ3) is 2.99. The molecule has 1 saturated heterocycles. The predicted molar refractivity (Wildman–Crippen MR) is 63.6 cm³/mol. The van der Waals surface area contributed by atoms with Crippen LogP contribution in [0, 0.1) is 5.92 Å². The highest BCUT2D eigenvalue weighted by molar-refractivity contribution is 5.76. The van der Waals surface area contributed by atoms with Crippen molar-refractivity contribution in [2.45, 2.75) is 57.4 Å². The minimum absolute atomic E-state index is 0.187. The molecular weight excluding hydrogens is 218 g/mol. The summed E-state index contributed by atoms with van der Waals surface area (Å²) in [5, 5.41) is 8.95. The smallest absolute Gasteiger partial charge is 0.306 e. The molecule has 0 aromatic rings. The Balaban J connectivity index is 1.90. The molecule has 0 radical (unpaired) electrons. The first-order valence-corrected chi connectivity index (χ1v) is 6.71. The van der Waals surface area contributed by atoms with Crippen molar-refractivity contribution in [3.8, 4) is 0 Å². The highest BCUT2D eigenvalue weighted by Gasteiger charge is 2.31. The van der Waals surface area contributed by atoms with Gasteiger partial charge in [-0.2, -0.15) is 0 Å². The Bertz CT molecular complexity index is 295. The number of carbonyl (C=O) groups is 2. The molecule has 0 aromatic heterocycles. The van der Waals surface area contributed by atoms with Gasteiger partial charge in [-0.25, -0.2) is 0 Å². The lowest BCUT2D eigenvalue weighted by molar-refractivity contribution is -0.143. The van der Waals surface area contributed by atoms with E-state index in [4.69, 9.17) is 5.11 Å². The summed E-state index contributed by atoms with van der Waals surface area (Å²) in [7, 11) is 0. The average Bonchev–Trinajstić information content (AvgIpc) is 2.54. The van der Waals surface area contributed by atoms with Crippen LogP contribution in [0.25, 0.3) is 0 Å². The first kappa shape index (κ1) is 12.4. The lowest BCUT2D eigenvalue weighted by atomic mass is 9.85. The van der Waals surface area contributed by atoms with Crippen LogP contribution in [0.3, 0.4) is 0 Å². The van der Waals surface area contributed by atoms with Gasteiger partial charge in [0.05, 0.1) is 5.92 Å². The van der Waals surface area contributed by atoms with Crippen LogP contribution < -0.4 is 0 Å². The van der Waals surface area contributed by atoms with Crippen molar-refractivity contribution in [3.05, 3.63) is 0 Å². The Morgan fingerprint density at radius 2 is 1.82 bits per heavy atom. The highest BCUT2D eigenvalue weighted by atomic mass is 16.4. The Hall–Kier alpha value is -1.06. The maximum absolute atomic E-state index is 11.9. The topological polar surface area (TPSA) is 57.6 Å². The van der Waals surface area contributed by atoms with Crippen LogP contribution in [0.4, 0.5) is 0 Å². The largest absolute Gasteiger partial charge is 0.481 e. The number of rotatable bonds is 2. The third-order valence-corrected chi connectivity index (χ3v) is 4.10. The molecule has 1 heterocycles. The van der Waals surface area contributed by atoms with Gasteiger partial charge < -0.3 is 10.0 Å². The van der Waals surface area contributed by atoms with Crippen molar-refractivity contribution < 1.29 is 14.7 Å². The summed E-state index contributed by atoms with van der Waals surface area (Å²) >= 11 is 0. The molecule has 4 nitrogen and oxygen atoms in total. The van der Waals surface area contributed by atoms with Crippen molar-refractivity contribution in [1.29, 1.82) is 0 Å². The van der Waals surface area contributed by atoms with Crippen molar-refractivity contribution in [3.63, 3.8) is 0 Å². The van der Waals surface area contributed by atoms with Gasteiger partial charge >= 0.3 is 5.97 Å². The quantitative estimate of drug-likeness (QED) is 0.802. The summed E-state index contributed by atoms with van der Waals surface area (Å²) in [6.07, 6.45) is 7.12. The second kappa shape index (κ2) is 5.52. The van der Waals surface area contributed by atoms with Crippen LogP contribution in [-0.2, 0) is 9.59 Å². The van der Waals surface area contributed by atoms with Crippen LogP contribution in [-0.4, -0.2) is 34.5 Å². The molecule has 2 aliphatic rings. The number of nitrogens with zero attached hydrogens (tertiary/aromatic N) is 1. The fourth-order valence-electron chi connectivity index (χ4n) is 3.02. The molecule has 2 fully saturated rings. The molecule has 0 aromatic carbocycles. The fourth-order valence-corrected chi connectivity index (χ4v) is 3.02. The first-order valence-electron chi connectivity index (χ1n) is 6.71. The van der Waals surface area contributed by atoms with Gasteiger partial charge in [-0.1, -0.05) is 6.42 Å². The lowest BCUT2D eigenvalue weighted by Crippen LogP contribution is -2.42. The first-order chi connectivity index (χ1) is 8.18. The number of carboxylic acid groups (broad SMARTS) is 1. The van der Waals surface area contributed by atoms with Gasteiger partial charge in [-0.05, 0) is 38.5 Å². The van der Waals surface area contributed by atoms with E-state index in [1.807, 2.05) is 4.90 Å². The molecule has 4 heteroatoms. The second-order valence-electron chi connectivity index (χ2n) is 5.24. The lowest BCUT2D eigenvalue weighted by Gasteiger charge is -2.35. The Morgan fingerprint density at radius 3 is 2.47 bits per heavy atom. The van der Waals surface area contributed by atoms with Gasteiger partial charge in [-0.15, -0.1) is 0 Å². The van der Waals surface area contributed by atoms with Gasteiger partial charge in [0.2, 0.25) is 5.91 Å². The van der Waals surface area contributed by atoms with Gasteiger partial charge in [0.15, 0.2) is 0 Å². The zero-order valence-electron chi connectivity index (χ0n) is 10.2. The normalized spacial score (nSPS) is 31.1. The van der Waals surface area contributed by atoms with E-state index in [0.29, 0.717) is 12.5 Å². The number of carbonyl (C=O) groups excluding carboxylic acids is 1. The molecule has 96 valence electrons. The van der Waals surface area contributed by atoms with E-state index >= 15 is 0 Å². The number of aliphatic carboxylic acids is 1. The summed E-state index contributed by atoms with van der Waals surface area (Å²) in [6.45, 7) is 0.876. The minimum atomic E-state index is -0.675. The monoisotopic (exact) mass is 239 g/mol. The highest BCUT2D eigenvalue weighted by Crippen LogP contribution is 2.29. The second-order valence-corrected chi connectivity index (χ2v) is 5.24. The van der Waals surface area contributed by atoms with Gasteiger partial charge in [-0.3, -0.25) is 9.59 Å². The molecule has 1 N–H and O–H groups in total. The molecular formula is C13H21NO3. The van der Waals surface area contributed by atoms with E-state index in [9.17, 15) is 9.59 Å². The van der Waals surface area contributed by atoms with Gasteiger partial charge in [0.25, 0.3) is 0 Å². The number of likely N-dealkylation sites (tertiary alicyclic amines) is 1. The van der Waals surface area contributed by atoms with Crippen LogP contribution in [0.2, 0.25) is 0 Å². The van der Waals surface area contributed by atoms with E-state index in [-0.39, 0.29) is 11.8 Å². The Kier molecular flexibility index (Phi) is 4.02. The number of carboxylic acids is 1. The van der Waals surface area contributed by atoms with Gasteiger partial charge in [0, 0.05) is 19.0 Å². The van der Waals surface area contributed by atoms with E-state index in [0.717, 1.165) is 51.5 Å². The molecule has 0 spiro atoms. The van der Waals surface area contributed by atoms with Crippen LogP contribution in [0.1, 0.15) is 51.4 Å². The van der Waals surface area contributed by atoms with Crippen molar-refractivity contribution in [2.75, 3.05) is 6.54 Å². The molecule has 2 rings (SSSR count). The van der Waals surface area contributed by atoms with Crippen molar-refractivity contribution in [1.82, 2.24) is 4.90 Å². The van der Waals surface area contributed by atoms with E-state index in [1.165, 1.54) is 0 Å².